The molecule has 2 aromatic rings. The SMILES string of the molecule is O=C(Cc1cccc(Cl)c1)N1CCCC1c1cccc(F)c1. The summed E-state index contributed by atoms with van der Waals surface area (Å²) in [7, 11) is 0. The van der Waals surface area contributed by atoms with Crippen molar-refractivity contribution >= 4 is 17.5 Å². The highest BCUT2D eigenvalue weighted by molar-refractivity contribution is 6.30. The fourth-order valence-corrected chi connectivity index (χ4v) is 3.26. The molecule has 0 saturated carbocycles. The van der Waals surface area contributed by atoms with Gasteiger partial charge in [0.25, 0.3) is 0 Å². The van der Waals surface area contributed by atoms with Crippen molar-refractivity contribution in [1.82, 2.24) is 4.90 Å². The first-order valence-corrected chi connectivity index (χ1v) is 7.80. The van der Waals surface area contributed by atoms with Crippen LogP contribution in [0.4, 0.5) is 4.39 Å². The van der Waals surface area contributed by atoms with Crippen LogP contribution in [0.1, 0.15) is 30.0 Å². The highest BCUT2D eigenvalue weighted by atomic mass is 35.5. The lowest BCUT2D eigenvalue weighted by Gasteiger charge is -2.25. The monoisotopic (exact) mass is 317 g/mol. The molecule has 1 saturated heterocycles. The fourth-order valence-electron chi connectivity index (χ4n) is 3.05. The zero-order valence-electron chi connectivity index (χ0n) is 12.1. The maximum Gasteiger partial charge on any atom is 0.227 e. The smallest absolute Gasteiger partial charge is 0.227 e. The topological polar surface area (TPSA) is 20.3 Å². The van der Waals surface area contributed by atoms with Crippen molar-refractivity contribution in [2.24, 2.45) is 0 Å². The molecular weight excluding hydrogens is 301 g/mol. The van der Waals surface area contributed by atoms with Gasteiger partial charge >= 0.3 is 0 Å². The van der Waals surface area contributed by atoms with Gasteiger partial charge in [0.05, 0.1) is 12.5 Å². The number of benzene rings is 2. The molecule has 1 amide bonds. The second kappa shape index (κ2) is 6.49. The van der Waals surface area contributed by atoms with E-state index >= 15 is 0 Å². The second-order valence-electron chi connectivity index (χ2n) is 5.61. The van der Waals surface area contributed by atoms with E-state index in [0.717, 1.165) is 30.5 Å². The average Bonchev–Trinajstić information content (AvgIpc) is 2.97. The zero-order valence-corrected chi connectivity index (χ0v) is 12.9. The summed E-state index contributed by atoms with van der Waals surface area (Å²) in [6, 6.07) is 13.9. The molecule has 0 spiro atoms. The number of likely N-dealkylation sites (tertiary alicyclic amines) is 1. The summed E-state index contributed by atoms with van der Waals surface area (Å²) in [5.74, 6) is -0.194. The molecule has 2 nitrogen and oxygen atoms in total. The molecule has 1 fully saturated rings. The number of carbonyl (C=O) groups is 1. The van der Waals surface area contributed by atoms with Crippen LogP contribution >= 0.6 is 11.6 Å². The van der Waals surface area contributed by atoms with Crippen LogP contribution < -0.4 is 0 Å². The van der Waals surface area contributed by atoms with E-state index in [1.54, 1.807) is 12.1 Å². The lowest BCUT2D eigenvalue weighted by Crippen LogP contribution is -2.31. The number of hydrogen-bond donors (Lipinski definition) is 0. The Labute approximate surface area is 134 Å². The van der Waals surface area contributed by atoms with Gasteiger partial charge in [0, 0.05) is 11.6 Å². The minimum atomic E-state index is -0.258. The van der Waals surface area contributed by atoms with Gasteiger partial charge in [-0.25, -0.2) is 4.39 Å². The molecule has 114 valence electrons. The van der Waals surface area contributed by atoms with Gasteiger partial charge in [-0.3, -0.25) is 4.79 Å². The van der Waals surface area contributed by atoms with Crippen molar-refractivity contribution in [3.8, 4) is 0 Å². The molecule has 3 rings (SSSR count). The largest absolute Gasteiger partial charge is 0.335 e. The Balaban J connectivity index is 1.76. The molecule has 1 unspecified atom stereocenters. The van der Waals surface area contributed by atoms with Crippen molar-refractivity contribution in [3.05, 3.63) is 70.5 Å². The average molecular weight is 318 g/mol. The van der Waals surface area contributed by atoms with Crippen LogP contribution in [0.5, 0.6) is 0 Å². The lowest BCUT2D eigenvalue weighted by atomic mass is 10.0. The number of hydrogen-bond acceptors (Lipinski definition) is 1. The van der Waals surface area contributed by atoms with Crippen LogP contribution in [-0.2, 0) is 11.2 Å². The predicted octanol–water partition coefficient (Wildman–Crippen LogP) is 4.39. The van der Waals surface area contributed by atoms with Gasteiger partial charge in [0.1, 0.15) is 5.82 Å². The van der Waals surface area contributed by atoms with Gasteiger partial charge in [0.2, 0.25) is 5.91 Å². The molecule has 0 aliphatic carbocycles. The first kappa shape index (κ1) is 15.0. The molecular formula is C18H17ClFNO. The van der Waals surface area contributed by atoms with Crippen LogP contribution in [0.2, 0.25) is 5.02 Å². The summed E-state index contributed by atoms with van der Waals surface area (Å²) in [6.07, 6.45) is 2.15. The van der Waals surface area contributed by atoms with E-state index < -0.39 is 0 Å². The molecule has 2 aromatic carbocycles. The summed E-state index contributed by atoms with van der Waals surface area (Å²) in [6.45, 7) is 0.723. The molecule has 1 aliphatic heterocycles. The number of halogens is 2. The molecule has 1 aliphatic rings. The van der Waals surface area contributed by atoms with Gasteiger partial charge in [-0.15, -0.1) is 0 Å². The number of amides is 1. The lowest BCUT2D eigenvalue weighted by molar-refractivity contribution is -0.131. The zero-order chi connectivity index (χ0) is 15.5. The number of rotatable bonds is 3. The van der Waals surface area contributed by atoms with Crippen LogP contribution in [0.25, 0.3) is 0 Å². The Morgan fingerprint density at radius 2 is 2.05 bits per heavy atom. The molecule has 4 heteroatoms. The van der Waals surface area contributed by atoms with E-state index in [4.69, 9.17) is 11.6 Å². The van der Waals surface area contributed by atoms with Gasteiger partial charge in [0.15, 0.2) is 0 Å². The molecule has 0 N–H and O–H groups in total. The summed E-state index contributed by atoms with van der Waals surface area (Å²) in [5, 5.41) is 0.633. The second-order valence-corrected chi connectivity index (χ2v) is 6.04. The summed E-state index contributed by atoms with van der Waals surface area (Å²) in [5.41, 5.74) is 1.78. The molecule has 0 aromatic heterocycles. The molecule has 1 atom stereocenters. The maximum absolute atomic E-state index is 13.4. The van der Waals surface area contributed by atoms with Gasteiger partial charge in [-0.05, 0) is 48.2 Å². The van der Waals surface area contributed by atoms with Crippen LogP contribution in [0.15, 0.2) is 48.5 Å². The Morgan fingerprint density at radius 1 is 1.23 bits per heavy atom. The van der Waals surface area contributed by atoms with Crippen molar-refractivity contribution in [2.45, 2.75) is 25.3 Å². The van der Waals surface area contributed by atoms with Gasteiger partial charge in [-0.2, -0.15) is 0 Å². The number of carbonyl (C=O) groups excluding carboxylic acids is 1. The Hall–Kier alpha value is -1.87. The van der Waals surface area contributed by atoms with Gasteiger partial charge < -0.3 is 4.90 Å². The fraction of sp³-hybridized carbons (Fsp3) is 0.278. The first-order valence-electron chi connectivity index (χ1n) is 7.43. The summed E-state index contributed by atoms with van der Waals surface area (Å²) >= 11 is 5.96. The first-order chi connectivity index (χ1) is 10.6. The quantitative estimate of drug-likeness (QED) is 0.822. The van der Waals surface area contributed by atoms with Crippen molar-refractivity contribution in [3.63, 3.8) is 0 Å². The van der Waals surface area contributed by atoms with Crippen molar-refractivity contribution in [1.29, 1.82) is 0 Å². The molecule has 1 heterocycles. The minimum absolute atomic E-state index is 0.0256. The third-order valence-corrected chi connectivity index (χ3v) is 4.29. The van der Waals surface area contributed by atoms with Crippen LogP contribution in [-0.4, -0.2) is 17.4 Å². The van der Waals surface area contributed by atoms with E-state index in [0.29, 0.717) is 11.4 Å². The predicted molar refractivity (Wildman–Crippen MR) is 85.2 cm³/mol. The highest BCUT2D eigenvalue weighted by Gasteiger charge is 2.29. The third-order valence-electron chi connectivity index (χ3n) is 4.05. The standard InChI is InChI=1S/C18H17ClFNO/c19-15-6-1-4-13(10-15)11-18(22)21-9-3-8-17(21)14-5-2-7-16(20)12-14/h1-2,4-7,10,12,17H,3,8-9,11H2. The minimum Gasteiger partial charge on any atom is -0.335 e. The van der Waals surface area contributed by atoms with Crippen LogP contribution in [0.3, 0.4) is 0 Å². The van der Waals surface area contributed by atoms with E-state index in [1.165, 1.54) is 12.1 Å². The van der Waals surface area contributed by atoms with Crippen molar-refractivity contribution < 1.29 is 9.18 Å². The third kappa shape index (κ3) is 3.30. The Kier molecular flexibility index (Phi) is 4.44. The molecule has 22 heavy (non-hydrogen) atoms. The summed E-state index contributed by atoms with van der Waals surface area (Å²) in [4.78, 5) is 14.4. The van der Waals surface area contributed by atoms with Gasteiger partial charge in [-0.1, -0.05) is 35.9 Å². The Bertz CT molecular complexity index is 688. The summed E-state index contributed by atoms with van der Waals surface area (Å²) < 4.78 is 13.4. The van der Waals surface area contributed by atoms with Crippen LogP contribution in [0, 0.1) is 5.82 Å². The normalized spacial score (nSPS) is 17.7. The van der Waals surface area contributed by atoms with Crippen molar-refractivity contribution in [2.75, 3.05) is 6.54 Å². The Morgan fingerprint density at radius 3 is 2.82 bits per heavy atom. The molecule has 0 radical (unpaired) electrons. The highest BCUT2D eigenvalue weighted by Crippen LogP contribution is 2.32. The van der Waals surface area contributed by atoms with E-state index in [2.05, 4.69) is 0 Å². The van der Waals surface area contributed by atoms with E-state index in [1.807, 2.05) is 29.2 Å². The number of nitrogens with zero attached hydrogens (tertiary/aromatic N) is 1. The molecule has 0 bridgehead atoms. The van der Waals surface area contributed by atoms with E-state index in [9.17, 15) is 9.18 Å². The maximum atomic E-state index is 13.4. The van der Waals surface area contributed by atoms with E-state index in [-0.39, 0.29) is 17.8 Å².